The summed E-state index contributed by atoms with van der Waals surface area (Å²) >= 11 is 0. The van der Waals surface area contributed by atoms with Crippen molar-refractivity contribution in [2.45, 2.75) is 25.8 Å². The Kier molecular flexibility index (Phi) is 3.64. The summed E-state index contributed by atoms with van der Waals surface area (Å²) in [4.78, 5) is 14.7. The minimum atomic E-state index is 0.00560. The predicted octanol–water partition coefficient (Wildman–Crippen LogP) is 1.45. The summed E-state index contributed by atoms with van der Waals surface area (Å²) < 4.78 is 8.84. The molecule has 0 spiro atoms. The highest BCUT2D eigenvalue weighted by atomic mass is 16.5. The van der Waals surface area contributed by atoms with Gasteiger partial charge >= 0.3 is 0 Å². The molecule has 0 aliphatic carbocycles. The zero-order valence-electron chi connectivity index (χ0n) is 13.4. The molecular formula is C15H21N5O2. The lowest BCUT2D eigenvalue weighted by atomic mass is 10.0. The van der Waals surface area contributed by atoms with Crippen molar-refractivity contribution in [3.05, 3.63) is 29.2 Å². The summed E-state index contributed by atoms with van der Waals surface area (Å²) in [7, 11) is 5.29. The van der Waals surface area contributed by atoms with Crippen molar-refractivity contribution in [2.75, 3.05) is 13.7 Å². The Labute approximate surface area is 129 Å². The topological polar surface area (TPSA) is 65.2 Å². The minimum absolute atomic E-state index is 0.00560. The maximum absolute atomic E-state index is 12.8. The number of hydrogen-bond acceptors (Lipinski definition) is 4. The molecule has 0 aromatic carbocycles. The van der Waals surface area contributed by atoms with Gasteiger partial charge in [-0.2, -0.15) is 10.2 Å². The summed E-state index contributed by atoms with van der Waals surface area (Å²) in [6.45, 7) is 2.70. The molecule has 118 valence electrons. The van der Waals surface area contributed by atoms with E-state index in [-0.39, 0.29) is 11.9 Å². The van der Waals surface area contributed by atoms with E-state index in [1.165, 1.54) is 0 Å². The van der Waals surface area contributed by atoms with E-state index in [4.69, 9.17) is 4.74 Å². The van der Waals surface area contributed by atoms with Gasteiger partial charge in [-0.05, 0) is 25.8 Å². The summed E-state index contributed by atoms with van der Waals surface area (Å²) in [6.07, 6.45) is 3.55. The maximum Gasteiger partial charge on any atom is 0.272 e. The third-order valence-corrected chi connectivity index (χ3v) is 4.29. The van der Waals surface area contributed by atoms with Gasteiger partial charge in [-0.15, -0.1) is 0 Å². The van der Waals surface area contributed by atoms with Crippen LogP contribution in [0.2, 0.25) is 0 Å². The van der Waals surface area contributed by atoms with Crippen LogP contribution >= 0.6 is 0 Å². The first kappa shape index (κ1) is 14.6. The molecule has 3 rings (SSSR count). The standard InChI is InChI=1S/C15H21N5O2/c1-10-13(15(22-4)19(3)17-10)11-6-5-9-20(11)14(21)12-7-8-16-18(12)2/h7-8,11H,5-6,9H2,1-4H3/t11-/m1/s1. The molecule has 0 N–H and O–H groups in total. The molecule has 3 heterocycles. The molecule has 7 nitrogen and oxygen atoms in total. The molecule has 1 aliphatic heterocycles. The smallest absolute Gasteiger partial charge is 0.272 e. The second-order valence-corrected chi connectivity index (χ2v) is 5.63. The van der Waals surface area contributed by atoms with Gasteiger partial charge in [0.2, 0.25) is 5.88 Å². The van der Waals surface area contributed by atoms with Crippen molar-refractivity contribution in [3.8, 4) is 5.88 Å². The van der Waals surface area contributed by atoms with Gasteiger partial charge < -0.3 is 9.64 Å². The van der Waals surface area contributed by atoms with Gasteiger partial charge in [-0.3, -0.25) is 9.48 Å². The molecule has 7 heteroatoms. The summed E-state index contributed by atoms with van der Waals surface area (Å²) in [5, 5.41) is 8.53. The lowest BCUT2D eigenvalue weighted by Crippen LogP contribution is -2.32. The number of aromatic nitrogens is 4. The highest BCUT2D eigenvalue weighted by Crippen LogP contribution is 2.39. The van der Waals surface area contributed by atoms with Crippen molar-refractivity contribution in [2.24, 2.45) is 14.1 Å². The average Bonchev–Trinajstić information content (AvgIpc) is 3.16. The van der Waals surface area contributed by atoms with Crippen LogP contribution in [0.25, 0.3) is 0 Å². The third-order valence-electron chi connectivity index (χ3n) is 4.29. The van der Waals surface area contributed by atoms with Crippen LogP contribution in [-0.4, -0.2) is 44.0 Å². The zero-order chi connectivity index (χ0) is 15.9. The SMILES string of the molecule is COc1c([C@H]2CCCN2C(=O)c2ccnn2C)c(C)nn1C. The number of carbonyl (C=O) groups is 1. The van der Waals surface area contributed by atoms with Gasteiger partial charge in [0.05, 0.1) is 24.4 Å². The van der Waals surface area contributed by atoms with Crippen molar-refractivity contribution < 1.29 is 9.53 Å². The van der Waals surface area contributed by atoms with E-state index in [0.29, 0.717) is 5.69 Å². The third kappa shape index (κ3) is 2.17. The quantitative estimate of drug-likeness (QED) is 0.861. The Morgan fingerprint density at radius 3 is 2.77 bits per heavy atom. The summed E-state index contributed by atoms with van der Waals surface area (Å²) in [5.41, 5.74) is 2.53. The Balaban J connectivity index is 1.98. The van der Waals surface area contributed by atoms with E-state index in [0.717, 1.165) is 36.5 Å². The van der Waals surface area contributed by atoms with Crippen LogP contribution in [0.5, 0.6) is 5.88 Å². The molecule has 1 aliphatic rings. The summed E-state index contributed by atoms with van der Waals surface area (Å²) in [5.74, 6) is 0.736. The number of nitrogens with zero attached hydrogens (tertiary/aromatic N) is 5. The number of methoxy groups -OCH3 is 1. The Bertz CT molecular complexity index is 703. The Morgan fingerprint density at radius 2 is 2.14 bits per heavy atom. The van der Waals surface area contributed by atoms with Crippen LogP contribution in [0.3, 0.4) is 0 Å². The molecule has 1 atom stereocenters. The van der Waals surface area contributed by atoms with Gasteiger partial charge in [0.1, 0.15) is 5.69 Å². The van der Waals surface area contributed by atoms with Gasteiger partial charge in [-0.25, -0.2) is 4.68 Å². The highest BCUT2D eigenvalue weighted by Gasteiger charge is 2.36. The molecule has 1 amide bonds. The van der Waals surface area contributed by atoms with E-state index in [1.807, 2.05) is 18.9 Å². The molecule has 0 unspecified atom stereocenters. The predicted molar refractivity (Wildman–Crippen MR) is 80.7 cm³/mol. The first-order chi connectivity index (χ1) is 10.5. The molecule has 0 bridgehead atoms. The van der Waals surface area contributed by atoms with Crippen LogP contribution in [0, 0.1) is 6.92 Å². The van der Waals surface area contributed by atoms with Crippen LogP contribution in [0.4, 0.5) is 0 Å². The maximum atomic E-state index is 12.8. The first-order valence-corrected chi connectivity index (χ1v) is 7.41. The average molecular weight is 303 g/mol. The molecule has 22 heavy (non-hydrogen) atoms. The van der Waals surface area contributed by atoms with E-state index in [2.05, 4.69) is 10.2 Å². The highest BCUT2D eigenvalue weighted by molar-refractivity contribution is 5.93. The number of likely N-dealkylation sites (tertiary alicyclic amines) is 1. The van der Waals surface area contributed by atoms with Gasteiger partial charge in [-0.1, -0.05) is 0 Å². The number of rotatable bonds is 3. The molecule has 1 fully saturated rings. The van der Waals surface area contributed by atoms with E-state index < -0.39 is 0 Å². The monoisotopic (exact) mass is 303 g/mol. The molecule has 0 radical (unpaired) electrons. The van der Waals surface area contributed by atoms with Crippen molar-refractivity contribution >= 4 is 5.91 Å². The first-order valence-electron chi connectivity index (χ1n) is 7.41. The summed E-state index contributed by atoms with van der Waals surface area (Å²) in [6, 6.07) is 1.76. The van der Waals surface area contributed by atoms with E-state index >= 15 is 0 Å². The number of amides is 1. The zero-order valence-corrected chi connectivity index (χ0v) is 13.4. The van der Waals surface area contributed by atoms with Crippen molar-refractivity contribution in [1.82, 2.24) is 24.5 Å². The Hall–Kier alpha value is -2.31. The molecule has 0 saturated carbocycles. The Morgan fingerprint density at radius 1 is 1.36 bits per heavy atom. The molecule has 2 aromatic heterocycles. The van der Waals surface area contributed by atoms with Crippen LogP contribution in [0.1, 0.15) is 40.6 Å². The molecule has 2 aromatic rings. The number of carbonyl (C=O) groups excluding carboxylic acids is 1. The van der Waals surface area contributed by atoms with Crippen LogP contribution in [0.15, 0.2) is 12.3 Å². The van der Waals surface area contributed by atoms with E-state index in [1.54, 1.807) is 35.8 Å². The number of aryl methyl sites for hydroxylation is 3. The largest absolute Gasteiger partial charge is 0.481 e. The van der Waals surface area contributed by atoms with Crippen LogP contribution in [-0.2, 0) is 14.1 Å². The minimum Gasteiger partial charge on any atom is -0.481 e. The lowest BCUT2D eigenvalue weighted by molar-refractivity contribution is 0.0722. The fourth-order valence-corrected chi connectivity index (χ4v) is 3.32. The molecular weight excluding hydrogens is 282 g/mol. The van der Waals surface area contributed by atoms with Gasteiger partial charge in [0.15, 0.2) is 0 Å². The van der Waals surface area contributed by atoms with E-state index in [9.17, 15) is 4.79 Å². The number of ether oxygens (including phenoxy) is 1. The fourth-order valence-electron chi connectivity index (χ4n) is 3.32. The lowest BCUT2D eigenvalue weighted by Gasteiger charge is -2.25. The number of hydrogen-bond donors (Lipinski definition) is 0. The van der Waals surface area contributed by atoms with Crippen molar-refractivity contribution in [3.63, 3.8) is 0 Å². The molecule has 1 saturated heterocycles. The van der Waals surface area contributed by atoms with Crippen LogP contribution < -0.4 is 4.74 Å². The second kappa shape index (κ2) is 5.47. The van der Waals surface area contributed by atoms with Gasteiger partial charge in [0.25, 0.3) is 5.91 Å². The van der Waals surface area contributed by atoms with Gasteiger partial charge in [0, 0.05) is 26.8 Å². The van der Waals surface area contributed by atoms with Crippen molar-refractivity contribution in [1.29, 1.82) is 0 Å². The fraction of sp³-hybridized carbons (Fsp3) is 0.533. The normalized spacial score (nSPS) is 18.0. The second-order valence-electron chi connectivity index (χ2n) is 5.63.